The molecule has 6 nitrogen and oxygen atoms in total. The van der Waals surface area contributed by atoms with E-state index in [0.29, 0.717) is 11.4 Å². The fraction of sp³-hybridized carbons (Fsp3) is 0.154. The minimum atomic E-state index is -0.837. The molecular formula is C13H12N2O4. The van der Waals surface area contributed by atoms with E-state index in [1.54, 1.807) is 24.4 Å². The monoisotopic (exact) mass is 260 g/mol. The van der Waals surface area contributed by atoms with Crippen LogP contribution in [0.25, 0.3) is 0 Å². The van der Waals surface area contributed by atoms with E-state index in [2.05, 4.69) is 4.98 Å². The Kier molecular flexibility index (Phi) is 4.04. The Labute approximate surface area is 109 Å². The van der Waals surface area contributed by atoms with Crippen LogP contribution in [-0.2, 0) is 0 Å². The topological polar surface area (TPSA) is 85.5 Å². The normalized spacial score (nSPS) is 11.8. The quantitative estimate of drug-likeness (QED) is 0.657. The van der Waals surface area contributed by atoms with E-state index < -0.39 is 11.0 Å². The highest BCUT2D eigenvalue weighted by molar-refractivity contribution is 5.36. The van der Waals surface area contributed by atoms with Crippen molar-refractivity contribution in [1.29, 1.82) is 0 Å². The highest BCUT2D eigenvalue weighted by Gasteiger charge is 2.10. The predicted octanol–water partition coefficient (Wildman–Crippen LogP) is 2.10. The van der Waals surface area contributed by atoms with Crippen LogP contribution in [0.4, 0.5) is 5.69 Å². The van der Waals surface area contributed by atoms with Crippen LogP contribution in [0.3, 0.4) is 0 Å². The largest absolute Gasteiger partial charge is 0.490 e. The highest BCUT2D eigenvalue weighted by atomic mass is 16.6. The molecule has 0 saturated heterocycles. The minimum Gasteiger partial charge on any atom is -0.490 e. The second-order valence-corrected chi connectivity index (χ2v) is 3.83. The molecule has 0 amide bonds. The van der Waals surface area contributed by atoms with Crippen LogP contribution >= 0.6 is 0 Å². The van der Waals surface area contributed by atoms with Gasteiger partial charge in [0.2, 0.25) is 0 Å². The third kappa shape index (κ3) is 3.49. The van der Waals surface area contributed by atoms with Crippen LogP contribution in [0.5, 0.6) is 5.75 Å². The van der Waals surface area contributed by atoms with Crippen molar-refractivity contribution in [2.45, 2.75) is 6.10 Å². The number of non-ortho nitro benzene ring substituents is 1. The average Bonchev–Trinajstić information content (AvgIpc) is 2.46. The molecule has 1 unspecified atom stereocenters. The number of nitro benzene ring substituents is 1. The third-order valence-electron chi connectivity index (χ3n) is 2.48. The van der Waals surface area contributed by atoms with Crippen LogP contribution in [-0.4, -0.2) is 21.6 Å². The first-order valence-corrected chi connectivity index (χ1v) is 5.63. The first kappa shape index (κ1) is 13.0. The summed E-state index contributed by atoms with van der Waals surface area (Å²) >= 11 is 0. The average molecular weight is 260 g/mol. The van der Waals surface area contributed by atoms with E-state index in [9.17, 15) is 15.2 Å². The van der Waals surface area contributed by atoms with Crippen molar-refractivity contribution in [3.8, 4) is 5.75 Å². The predicted molar refractivity (Wildman–Crippen MR) is 67.8 cm³/mol. The van der Waals surface area contributed by atoms with Gasteiger partial charge in [-0.15, -0.1) is 0 Å². The number of pyridine rings is 1. The number of aliphatic hydroxyl groups excluding tert-OH is 1. The van der Waals surface area contributed by atoms with Gasteiger partial charge in [0.1, 0.15) is 18.5 Å². The van der Waals surface area contributed by atoms with Gasteiger partial charge in [0.05, 0.1) is 10.6 Å². The summed E-state index contributed by atoms with van der Waals surface area (Å²) in [6.45, 7) is 0.0365. The number of hydrogen-bond donors (Lipinski definition) is 1. The molecule has 0 spiro atoms. The van der Waals surface area contributed by atoms with Gasteiger partial charge in [0.15, 0.2) is 0 Å². The number of rotatable bonds is 5. The summed E-state index contributed by atoms with van der Waals surface area (Å²) in [4.78, 5) is 14.0. The van der Waals surface area contributed by atoms with E-state index in [-0.39, 0.29) is 12.3 Å². The number of aromatic nitrogens is 1. The van der Waals surface area contributed by atoms with Crippen molar-refractivity contribution in [1.82, 2.24) is 4.98 Å². The van der Waals surface area contributed by atoms with Gasteiger partial charge in [0.25, 0.3) is 5.69 Å². The first-order valence-electron chi connectivity index (χ1n) is 5.63. The van der Waals surface area contributed by atoms with Crippen LogP contribution in [0, 0.1) is 10.1 Å². The Morgan fingerprint density at radius 3 is 2.58 bits per heavy atom. The van der Waals surface area contributed by atoms with Crippen molar-refractivity contribution in [3.63, 3.8) is 0 Å². The minimum absolute atomic E-state index is 0.00220. The number of hydrogen-bond acceptors (Lipinski definition) is 5. The lowest BCUT2D eigenvalue weighted by atomic mass is 10.2. The van der Waals surface area contributed by atoms with Crippen molar-refractivity contribution in [2.24, 2.45) is 0 Å². The van der Waals surface area contributed by atoms with E-state index in [0.717, 1.165) is 0 Å². The fourth-order valence-corrected chi connectivity index (χ4v) is 1.50. The van der Waals surface area contributed by atoms with Gasteiger partial charge >= 0.3 is 0 Å². The summed E-state index contributed by atoms with van der Waals surface area (Å²) < 4.78 is 5.34. The van der Waals surface area contributed by atoms with E-state index in [1.165, 1.54) is 24.3 Å². The molecule has 0 saturated carbocycles. The number of benzene rings is 1. The van der Waals surface area contributed by atoms with Crippen molar-refractivity contribution in [3.05, 3.63) is 64.5 Å². The smallest absolute Gasteiger partial charge is 0.269 e. The summed E-state index contributed by atoms with van der Waals surface area (Å²) in [6.07, 6.45) is 0.751. The molecule has 0 fully saturated rings. The number of nitrogens with zero attached hydrogens (tertiary/aromatic N) is 2. The molecule has 2 rings (SSSR count). The van der Waals surface area contributed by atoms with Crippen LogP contribution in [0.1, 0.15) is 11.8 Å². The van der Waals surface area contributed by atoms with E-state index in [1.807, 2.05) is 0 Å². The maximum atomic E-state index is 10.5. The van der Waals surface area contributed by atoms with Crippen LogP contribution < -0.4 is 4.74 Å². The molecule has 1 atom stereocenters. The molecule has 2 aromatic rings. The van der Waals surface area contributed by atoms with E-state index >= 15 is 0 Å². The molecule has 0 aliphatic rings. The van der Waals surface area contributed by atoms with Crippen LogP contribution in [0.2, 0.25) is 0 Å². The standard InChI is InChI=1S/C13H12N2O4/c16-13(12-3-1-2-8-14-12)9-19-11-6-4-10(5-7-11)15(17)18/h1-8,13,16H,9H2. The van der Waals surface area contributed by atoms with Gasteiger partial charge in [-0.05, 0) is 24.3 Å². The molecule has 0 bridgehead atoms. The first-order chi connectivity index (χ1) is 9.16. The Hall–Kier alpha value is -2.47. The van der Waals surface area contributed by atoms with Crippen molar-refractivity contribution in [2.75, 3.05) is 6.61 Å². The Balaban J connectivity index is 1.93. The lowest BCUT2D eigenvalue weighted by Crippen LogP contribution is -2.10. The molecule has 98 valence electrons. The van der Waals surface area contributed by atoms with Gasteiger partial charge in [-0.1, -0.05) is 6.07 Å². The van der Waals surface area contributed by atoms with Gasteiger partial charge in [-0.2, -0.15) is 0 Å². The SMILES string of the molecule is O=[N+]([O-])c1ccc(OCC(O)c2ccccn2)cc1. The van der Waals surface area contributed by atoms with Gasteiger partial charge < -0.3 is 9.84 Å². The lowest BCUT2D eigenvalue weighted by molar-refractivity contribution is -0.384. The lowest BCUT2D eigenvalue weighted by Gasteiger charge is -2.11. The number of nitro groups is 1. The summed E-state index contributed by atoms with van der Waals surface area (Å²) in [6, 6.07) is 10.9. The van der Waals surface area contributed by atoms with Gasteiger partial charge in [0, 0.05) is 18.3 Å². The fourth-order valence-electron chi connectivity index (χ4n) is 1.50. The molecule has 0 radical (unpaired) electrons. The summed E-state index contributed by atoms with van der Waals surface area (Å²) in [5.74, 6) is 0.459. The molecule has 1 aromatic heterocycles. The molecular weight excluding hydrogens is 248 g/mol. The number of ether oxygens (including phenoxy) is 1. The van der Waals surface area contributed by atoms with Crippen LogP contribution in [0.15, 0.2) is 48.7 Å². The molecule has 1 N–H and O–H groups in total. The van der Waals surface area contributed by atoms with Crippen molar-refractivity contribution >= 4 is 5.69 Å². The summed E-state index contributed by atoms with van der Waals surface area (Å²) in [5, 5.41) is 20.3. The Bertz CT molecular complexity index is 542. The summed E-state index contributed by atoms with van der Waals surface area (Å²) in [5.41, 5.74) is 0.516. The zero-order chi connectivity index (χ0) is 13.7. The van der Waals surface area contributed by atoms with Gasteiger partial charge in [-0.25, -0.2) is 0 Å². The third-order valence-corrected chi connectivity index (χ3v) is 2.48. The van der Waals surface area contributed by atoms with Crippen molar-refractivity contribution < 1.29 is 14.8 Å². The highest BCUT2D eigenvalue weighted by Crippen LogP contribution is 2.19. The zero-order valence-electron chi connectivity index (χ0n) is 9.97. The molecule has 0 aliphatic heterocycles. The maximum absolute atomic E-state index is 10.5. The second kappa shape index (κ2) is 5.92. The Morgan fingerprint density at radius 1 is 1.26 bits per heavy atom. The molecule has 1 aromatic carbocycles. The second-order valence-electron chi connectivity index (χ2n) is 3.83. The zero-order valence-corrected chi connectivity index (χ0v) is 9.97. The van der Waals surface area contributed by atoms with E-state index in [4.69, 9.17) is 4.74 Å². The number of aliphatic hydroxyl groups is 1. The maximum Gasteiger partial charge on any atom is 0.269 e. The Morgan fingerprint density at radius 2 is 2.00 bits per heavy atom. The molecule has 0 aliphatic carbocycles. The van der Waals surface area contributed by atoms with Gasteiger partial charge in [-0.3, -0.25) is 15.1 Å². The molecule has 1 heterocycles. The molecule has 19 heavy (non-hydrogen) atoms. The molecule has 6 heteroatoms. The summed E-state index contributed by atoms with van der Waals surface area (Å²) in [7, 11) is 0.